The van der Waals surface area contributed by atoms with Crippen LogP contribution in [-0.4, -0.2) is 19.4 Å². The van der Waals surface area contributed by atoms with E-state index in [-0.39, 0.29) is 0 Å². The number of carbonyl (C=O) groups excluding carboxylic acids is 1. The van der Waals surface area contributed by atoms with Crippen LogP contribution in [-0.2, 0) is 14.9 Å². The summed E-state index contributed by atoms with van der Waals surface area (Å²) in [5.74, 6) is -11.4. The average molecular weight is 273 g/mol. The van der Waals surface area contributed by atoms with Gasteiger partial charge in [0.15, 0.2) is 22.3 Å². The van der Waals surface area contributed by atoms with Gasteiger partial charge in [0.05, 0.1) is 0 Å². The van der Waals surface area contributed by atoms with E-state index in [9.17, 15) is 30.8 Å². The minimum Gasteiger partial charge on any atom is -0.413 e. The molecule has 1 rings (SSSR count). The van der Waals surface area contributed by atoms with Crippen LogP contribution in [0.5, 0.6) is 5.75 Å². The summed E-state index contributed by atoms with van der Waals surface area (Å²) < 4.78 is 84.6. The van der Waals surface area contributed by atoms with Gasteiger partial charge < -0.3 is 4.74 Å². The van der Waals surface area contributed by atoms with Crippen molar-refractivity contribution in [3.63, 3.8) is 0 Å². The Bertz CT molecular complexity index is 583. The van der Waals surface area contributed by atoms with Gasteiger partial charge in [0.1, 0.15) is 0 Å². The molecule has 0 aliphatic rings. The maximum atomic E-state index is 13.0. The summed E-state index contributed by atoms with van der Waals surface area (Å²) >= 11 is 0. The van der Waals surface area contributed by atoms with Crippen molar-refractivity contribution in [2.75, 3.05) is 0 Å². The molecule has 5 nitrogen and oxygen atoms in total. The molecule has 0 saturated heterocycles. The van der Waals surface area contributed by atoms with Crippen molar-refractivity contribution in [1.29, 1.82) is 0 Å². The van der Waals surface area contributed by atoms with Crippen LogP contribution in [0.1, 0.15) is 0 Å². The second-order valence-electron chi connectivity index (χ2n) is 2.57. The number of hydrogen-bond donors (Lipinski definition) is 1. The lowest BCUT2D eigenvalue weighted by atomic mass is 10.3. The van der Waals surface area contributed by atoms with E-state index in [2.05, 4.69) is 4.74 Å². The van der Waals surface area contributed by atoms with Crippen molar-refractivity contribution >= 4 is 16.6 Å². The first-order valence-electron chi connectivity index (χ1n) is 3.59. The van der Waals surface area contributed by atoms with Crippen molar-refractivity contribution in [1.82, 2.24) is 0 Å². The molecule has 10 heteroatoms. The molecular formula is C7HF4O5S. The molecule has 0 bridgehead atoms. The highest BCUT2D eigenvalue weighted by Gasteiger charge is 2.33. The summed E-state index contributed by atoms with van der Waals surface area (Å²) in [4.78, 5) is 7.75. The van der Waals surface area contributed by atoms with Gasteiger partial charge in [-0.25, -0.2) is 18.0 Å². The minimum atomic E-state index is -5.47. The molecule has 1 N–H and O–H groups in total. The first-order chi connectivity index (χ1) is 7.71. The molecule has 0 aliphatic heterocycles. The molecule has 0 amide bonds. The fourth-order valence-corrected chi connectivity index (χ4v) is 1.64. The minimum absolute atomic E-state index is 0.490. The number of ether oxygens (including phenoxy) is 1. The lowest BCUT2D eigenvalue weighted by molar-refractivity contribution is 0.351. The van der Waals surface area contributed by atoms with Crippen LogP contribution in [0.4, 0.5) is 17.6 Å². The van der Waals surface area contributed by atoms with E-state index in [1.54, 1.807) is 0 Å². The van der Waals surface area contributed by atoms with Crippen LogP contribution in [0.3, 0.4) is 0 Å². The summed E-state index contributed by atoms with van der Waals surface area (Å²) in [6.07, 6.45) is 0. The fraction of sp³-hybridized carbons (Fsp3) is 0. The quantitative estimate of drug-likeness (QED) is 0.383. The number of halogens is 4. The Morgan fingerprint density at radius 1 is 1.00 bits per heavy atom. The zero-order valence-corrected chi connectivity index (χ0v) is 8.32. The second kappa shape index (κ2) is 4.30. The van der Waals surface area contributed by atoms with E-state index >= 15 is 0 Å². The first kappa shape index (κ1) is 13.4. The highest BCUT2D eigenvalue weighted by atomic mass is 32.2. The van der Waals surface area contributed by atoms with Crippen LogP contribution in [0.2, 0.25) is 0 Å². The van der Waals surface area contributed by atoms with Crippen molar-refractivity contribution in [3.8, 4) is 5.75 Å². The monoisotopic (exact) mass is 273 g/mol. The van der Waals surface area contributed by atoms with Gasteiger partial charge >= 0.3 is 16.6 Å². The van der Waals surface area contributed by atoms with E-state index in [4.69, 9.17) is 4.55 Å². The van der Waals surface area contributed by atoms with Crippen molar-refractivity contribution in [2.45, 2.75) is 4.90 Å². The molecule has 0 spiro atoms. The molecule has 0 atom stereocenters. The smallest absolute Gasteiger partial charge is 0.413 e. The summed E-state index contributed by atoms with van der Waals surface area (Å²) in [6, 6.07) is 0. The molecule has 17 heavy (non-hydrogen) atoms. The maximum Gasteiger partial charge on any atom is 0.423 e. The molecule has 1 radical (unpaired) electrons. The third kappa shape index (κ3) is 2.22. The normalized spacial score (nSPS) is 11.4. The summed E-state index contributed by atoms with van der Waals surface area (Å²) in [6.45, 7) is 0.490. The molecule has 1 aromatic rings. The van der Waals surface area contributed by atoms with Crippen LogP contribution in [0, 0.1) is 23.3 Å². The Labute approximate surface area is 91.4 Å². The van der Waals surface area contributed by atoms with Gasteiger partial charge in [-0.2, -0.15) is 12.8 Å². The Morgan fingerprint density at radius 3 is 1.88 bits per heavy atom. The van der Waals surface area contributed by atoms with Gasteiger partial charge in [0.25, 0.3) is 0 Å². The summed E-state index contributed by atoms with van der Waals surface area (Å²) in [7, 11) is -5.47. The van der Waals surface area contributed by atoms with E-state index < -0.39 is 44.0 Å². The summed E-state index contributed by atoms with van der Waals surface area (Å²) in [5.41, 5.74) is 0. The van der Waals surface area contributed by atoms with Crippen molar-refractivity contribution < 1.29 is 40.1 Å². The summed E-state index contributed by atoms with van der Waals surface area (Å²) in [5, 5.41) is 0. The van der Waals surface area contributed by atoms with Crippen molar-refractivity contribution in [2.24, 2.45) is 0 Å². The SMILES string of the molecule is O=[C]Oc1c(F)c(F)c(F)c(F)c1S(=O)(=O)O. The van der Waals surface area contributed by atoms with Crippen LogP contribution >= 0.6 is 0 Å². The first-order valence-corrected chi connectivity index (χ1v) is 5.03. The molecule has 0 aliphatic carbocycles. The highest BCUT2D eigenvalue weighted by molar-refractivity contribution is 7.86. The Balaban J connectivity index is 3.85. The van der Waals surface area contributed by atoms with E-state index in [1.165, 1.54) is 0 Å². The van der Waals surface area contributed by atoms with Crippen LogP contribution < -0.4 is 4.74 Å². The topological polar surface area (TPSA) is 80.7 Å². The molecule has 1 aromatic carbocycles. The van der Waals surface area contributed by atoms with Gasteiger partial charge in [0, 0.05) is 0 Å². The van der Waals surface area contributed by atoms with Gasteiger partial charge in [-0.3, -0.25) is 4.55 Å². The van der Waals surface area contributed by atoms with E-state index in [1.807, 2.05) is 0 Å². The Morgan fingerprint density at radius 2 is 1.47 bits per heavy atom. The predicted molar refractivity (Wildman–Crippen MR) is 42.4 cm³/mol. The molecule has 0 unspecified atom stereocenters. The largest absolute Gasteiger partial charge is 0.423 e. The van der Waals surface area contributed by atoms with Crippen LogP contribution in [0.15, 0.2) is 4.90 Å². The third-order valence-electron chi connectivity index (χ3n) is 1.58. The van der Waals surface area contributed by atoms with Gasteiger partial charge in [0.2, 0.25) is 11.6 Å². The zero-order chi connectivity index (χ0) is 13.4. The van der Waals surface area contributed by atoms with Gasteiger partial charge in [-0.05, 0) is 0 Å². The Hall–Kier alpha value is -1.68. The highest BCUT2D eigenvalue weighted by Crippen LogP contribution is 2.33. The number of rotatable bonds is 3. The predicted octanol–water partition coefficient (Wildman–Crippen LogP) is 0.936. The lowest BCUT2D eigenvalue weighted by Crippen LogP contribution is -2.11. The zero-order valence-electron chi connectivity index (χ0n) is 7.50. The molecule has 0 fully saturated rings. The lowest BCUT2D eigenvalue weighted by Gasteiger charge is -2.08. The Kier molecular flexibility index (Phi) is 3.38. The van der Waals surface area contributed by atoms with E-state index in [0.29, 0.717) is 6.47 Å². The molecule has 93 valence electrons. The molecule has 0 aromatic heterocycles. The molecule has 0 heterocycles. The van der Waals surface area contributed by atoms with Crippen molar-refractivity contribution in [3.05, 3.63) is 23.3 Å². The average Bonchev–Trinajstić information content (AvgIpc) is 2.21. The molecular weight excluding hydrogens is 272 g/mol. The molecule has 0 saturated carbocycles. The third-order valence-corrected chi connectivity index (χ3v) is 2.47. The van der Waals surface area contributed by atoms with Gasteiger partial charge in [-0.15, -0.1) is 0 Å². The maximum absolute atomic E-state index is 13.0. The fourth-order valence-electron chi connectivity index (χ4n) is 0.955. The second-order valence-corrected chi connectivity index (χ2v) is 3.93. The standard InChI is InChI=1S/C7HF4O5S/c8-2-3(9)5(11)7(17(13,14)15)6(4(2)10)16-1-12/h(H,13,14,15). The van der Waals surface area contributed by atoms with Gasteiger partial charge in [-0.1, -0.05) is 0 Å². The number of hydrogen-bond acceptors (Lipinski definition) is 4. The van der Waals surface area contributed by atoms with Crippen LogP contribution in [0.25, 0.3) is 0 Å². The van der Waals surface area contributed by atoms with E-state index in [0.717, 1.165) is 0 Å². The number of benzene rings is 1.